The first-order chi connectivity index (χ1) is 9.41. The fraction of sp³-hybridized carbons (Fsp3) is 0.714. The normalized spacial score (nSPS) is 16.3. The second-order valence-electron chi connectivity index (χ2n) is 5.64. The average molecular weight is 299 g/mol. The van der Waals surface area contributed by atoms with Crippen molar-refractivity contribution in [1.29, 1.82) is 0 Å². The van der Waals surface area contributed by atoms with E-state index in [2.05, 4.69) is 9.88 Å². The van der Waals surface area contributed by atoms with E-state index in [0.29, 0.717) is 24.0 Å². The summed E-state index contributed by atoms with van der Waals surface area (Å²) in [4.78, 5) is 0.421. The smallest absolute Gasteiger partial charge is 0.244 e. The Kier molecular flexibility index (Phi) is 4.56. The lowest BCUT2D eigenvalue weighted by molar-refractivity contribution is 0.369. The van der Waals surface area contributed by atoms with Crippen LogP contribution in [0.3, 0.4) is 0 Å². The van der Waals surface area contributed by atoms with Gasteiger partial charge in [-0.2, -0.15) is 4.31 Å². The van der Waals surface area contributed by atoms with Crippen molar-refractivity contribution in [3.8, 4) is 0 Å². The molecular formula is C14H25N3O2S. The van der Waals surface area contributed by atoms with Gasteiger partial charge in [0.05, 0.1) is 0 Å². The Morgan fingerprint density at radius 3 is 2.55 bits per heavy atom. The minimum Gasteiger partial charge on any atom is -0.346 e. The molecular weight excluding hydrogens is 274 g/mol. The molecule has 114 valence electrons. The van der Waals surface area contributed by atoms with Crippen molar-refractivity contribution in [3.63, 3.8) is 0 Å². The molecule has 1 aliphatic carbocycles. The van der Waals surface area contributed by atoms with Crippen LogP contribution in [0.15, 0.2) is 17.2 Å². The van der Waals surface area contributed by atoms with Crippen molar-refractivity contribution in [2.75, 3.05) is 13.6 Å². The lowest BCUT2D eigenvalue weighted by Crippen LogP contribution is -2.36. The molecule has 2 rings (SSSR count). The van der Waals surface area contributed by atoms with Gasteiger partial charge in [-0.1, -0.05) is 6.92 Å². The van der Waals surface area contributed by atoms with Crippen LogP contribution in [-0.4, -0.2) is 36.9 Å². The third kappa shape index (κ3) is 2.92. The van der Waals surface area contributed by atoms with Crippen molar-refractivity contribution >= 4 is 10.0 Å². The molecule has 0 bridgehead atoms. The predicted octanol–water partition coefficient (Wildman–Crippen LogP) is 1.96. The van der Waals surface area contributed by atoms with Gasteiger partial charge < -0.3 is 9.88 Å². The van der Waals surface area contributed by atoms with E-state index in [0.717, 1.165) is 18.5 Å². The van der Waals surface area contributed by atoms with Crippen LogP contribution in [0.5, 0.6) is 0 Å². The van der Waals surface area contributed by atoms with Gasteiger partial charge in [-0.25, -0.2) is 8.42 Å². The molecule has 1 aromatic rings. The van der Waals surface area contributed by atoms with E-state index in [1.165, 1.54) is 0 Å². The van der Waals surface area contributed by atoms with Crippen LogP contribution in [0.1, 0.15) is 45.3 Å². The minimum absolute atomic E-state index is 0.0259. The Bertz CT molecular complexity index is 559. The maximum Gasteiger partial charge on any atom is 0.244 e. The van der Waals surface area contributed by atoms with E-state index in [4.69, 9.17) is 0 Å². The summed E-state index contributed by atoms with van der Waals surface area (Å²) in [6.45, 7) is 6.89. The third-order valence-electron chi connectivity index (χ3n) is 3.70. The highest BCUT2D eigenvalue weighted by atomic mass is 32.2. The van der Waals surface area contributed by atoms with Crippen LogP contribution in [0.25, 0.3) is 0 Å². The Balaban J connectivity index is 2.38. The molecule has 1 saturated carbocycles. The van der Waals surface area contributed by atoms with Gasteiger partial charge in [0, 0.05) is 37.1 Å². The zero-order valence-electron chi connectivity index (χ0n) is 12.8. The van der Waals surface area contributed by atoms with Crippen LogP contribution < -0.4 is 5.32 Å². The molecule has 20 heavy (non-hydrogen) atoms. The first-order valence-corrected chi connectivity index (χ1v) is 8.73. The Labute approximate surface area is 122 Å². The van der Waals surface area contributed by atoms with Gasteiger partial charge in [0.15, 0.2) is 0 Å². The monoisotopic (exact) mass is 299 g/mol. The van der Waals surface area contributed by atoms with Gasteiger partial charge in [-0.05, 0) is 39.8 Å². The molecule has 0 amide bonds. The van der Waals surface area contributed by atoms with Gasteiger partial charge in [0.25, 0.3) is 0 Å². The summed E-state index contributed by atoms with van der Waals surface area (Å²) in [5, 5.41) is 3.11. The molecule has 1 aromatic heterocycles. The molecule has 5 nitrogen and oxygen atoms in total. The third-order valence-corrected chi connectivity index (χ3v) is 5.82. The van der Waals surface area contributed by atoms with Crippen molar-refractivity contribution < 1.29 is 8.42 Å². The Morgan fingerprint density at radius 2 is 2.10 bits per heavy atom. The minimum atomic E-state index is -3.39. The van der Waals surface area contributed by atoms with E-state index >= 15 is 0 Å². The first kappa shape index (κ1) is 15.5. The molecule has 0 unspecified atom stereocenters. The number of nitrogens with zero attached hydrogens (tertiary/aromatic N) is 2. The lowest BCUT2D eigenvalue weighted by Gasteiger charge is -2.23. The van der Waals surface area contributed by atoms with Crippen molar-refractivity contribution in [3.05, 3.63) is 18.0 Å². The van der Waals surface area contributed by atoms with E-state index < -0.39 is 10.0 Å². The first-order valence-electron chi connectivity index (χ1n) is 7.29. The maximum atomic E-state index is 12.7. The summed E-state index contributed by atoms with van der Waals surface area (Å²) in [5.41, 5.74) is 1.05. The summed E-state index contributed by atoms with van der Waals surface area (Å²) >= 11 is 0. The second kappa shape index (κ2) is 5.87. The van der Waals surface area contributed by atoms with Crippen molar-refractivity contribution in [2.45, 2.75) is 57.1 Å². The van der Waals surface area contributed by atoms with Crippen LogP contribution in [0, 0.1) is 0 Å². The molecule has 0 aliphatic heterocycles. The van der Waals surface area contributed by atoms with Crippen molar-refractivity contribution in [1.82, 2.24) is 14.2 Å². The SMILES string of the molecule is CCN(C(C)C)S(=O)(=O)c1cc(CNC)n(C2CC2)c1. The van der Waals surface area contributed by atoms with Crippen LogP contribution in [0.4, 0.5) is 0 Å². The predicted molar refractivity (Wildman–Crippen MR) is 80.2 cm³/mol. The maximum absolute atomic E-state index is 12.7. The fourth-order valence-corrected chi connectivity index (χ4v) is 4.30. The highest BCUT2D eigenvalue weighted by Crippen LogP contribution is 2.37. The van der Waals surface area contributed by atoms with Gasteiger partial charge in [-0.3, -0.25) is 0 Å². The highest BCUT2D eigenvalue weighted by Gasteiger charge is 2.31. The summed E-state index contributed by atoms with van der Waals surface area (Å²) in [6.07, 6.45) is 4.10. The van der Waals surface area contributed by atoms with Crippen LogP contribution in [-0.2, 0) is 16.6 Å². The van der Waals surface area contributed by atoms with Crippen molar-refractivity contribution in [2.24, 2.45) is 0 Å². The Hall–Kier alpha value is -0.850. The molecule has 1 aliphatic rings. The summed E-state index contributed by atoms with van der Waals surface area (Å²) in [7, 11) is -1.51. The zero-order valence-corrected chi connectivity index (χ0v) is 13.6. The van der Waals surface area contributed by atoms with E-state index in [1.54, 1.807) is 4.31 Å². The van der Waals surface area contributed by atoms with E-state index in [9.17, 15) is 8.42 Å². The molecule has 0 saturated heterocycles. The van der Waals surface area contributed by atoms with E-state index in [1.807, 2.05) is 40.1 Å². The molecule has 1 fully saturated rings. The summed E-state index contributed by atoms with van der Waals surface area (Å²) in [5.74, 6) is 0. The molecule has 0 radical (unpaired) electrons. The van der Waals surface area contributed by atoms with Gasteiger partial charge in [0.2, 0.25) is 10.0 Å². The average Bonchev–Trinajstić information content (AvgIpc) is 3.11. The highest BCUT2D eigenvalue weighted by molar-refractivity contribution is 7.89. The van der Waals surface area contributed by atoms with E-state index in [-0.39, 0.29) is 6.04 Å². The summed E-state index contributed by atoms with van der Waals surface area (Å²) < 4.78 is 29.1. The van der Waals surface area contributed by atoms with Gasteiger partial charge >= 0.3 is 0 Å². The molecule has 1 heterocycles. The quantitative estimate of drug-likeness (QED) is 0.837. The van der Waals surface area contributed by atoms with Gasteiger partial charge in [-0.15, -0.1) is 0 Å². The number of sulfonamides is 1. The zero-order chi connectivity index (χ0) is 14.9. The largest absolute Gasteiger partial charge is 0.346 e. The molecule has 0 atom stereocenters. The number of hydrogen-bond acceptors (Lipinski definition) is 3. The molecule has 1 N–H and O–H groups in total. The number of rotatable bonds is 7. The number of hydrogen-bond donors (Lipinski definition) is 1. The number of aromatic nitrogens is 1. The molecule has 6 heteroatoms. The lowest BCUT2D eigenvalue weighted by atomic mass is 10.4. The van der Waals surface area contributed by atoms with Gasteiger partial charge in [0.1, 0.15) is 4.90 Å². The standard InChI is InChI=1S/C14H25N3O2S/c1-5-17(11(2)3)20(18,19)14-8-13(9-15-4)16(10-14)12-6-7-12/h8,10-12,15H,5-7,9H2,1-4H3. The molecule has 0 aromatic carbocycles. The number of nitrogens with one attached hydrogen (secondary N) is 1. The molecule has 0 spiro atoms. The summed E-state index contributed by atoms with van der Waals surface area (Å²) in [6, 6.07) is 2.27. The fourth-order valence-electron chi connectivity index (χ4n) is 2.60. The Morgan fingerprint density at radius 1 is 1.45 bits per heavy atom. The van der Waals surface area contributed by atoms with Crippen LogP contribution in [0.2, 0.25) is 0 Å². The topological polar surface area (TPSA) is 54.3 Å². The van der Waals surface area contributed by atoms with Crippen LogP contribution >= 0.6 is 0 Å². The second-order valence-corrected chi connectivity index (χ2v) is 7.53.